The van der Waals surface area contributed by atoms with Crippen LogP contribution >= 0.6 is 11.6 Å². The van der Waals surface area contributed by atoms with Gasteiger partial charge >= 0.3 is 5.69 Å². The molecule has 142 valence electrons. The second-order valence-electron chi connectivity index (χ2n) is 6.54. The Morgan fingerprint density at radius 2 is 2.04 bits per heavy atom. The van der Waals surface area contributed by atoms with E-state index in [1.807, 2.05) is 13.0 Å². The van der Waals surface area contributed by atoms with Crippen LogP contribution in [0.3, 0.4) is 0 Å². The van der Waals surface area contributed by atoms with E-state index in [1.54, 1.807) is 24.5 Å². The average Bonchev–Trinajstić information content (AvgIpc) is 2.61. The summed E-state index contributed by atoms with van der Waals surface area (Å²) in [6, 6.07) is 3.57. The molecule has 0 atom stereocenters. The fourth-order valence-electron chi connectivity index (χ4n) is 2.85. The number of amides is 1. The van der Waals surface area contributed by atoms with Gasteiger partial charge in [-0.25, -0.2) is 9.78 Å². The predicted octanol–water partition coefficient (Wildman–Crippen LogP) is 1.57. The van der Waals surface area contributed by atoms with Crippen LogP contribution in [0.2, 0.25) is 5.02 Å². The third kappa shape index (κ3) is 3.71. The average molecular weight is 390 g/mol. The van der Waals surface area contributed by atoms with Gasteiger partial charge in [0.15, 0.2) is 11.5 Å². The molecule has 0 radical (unpaired) electrons. The molecule has 2 N–H and O–H groups in total. The van der Waals surface area contributed by atoms with Crippen molar-refractivity contribution in [1.82, 2.24) is 24.8 Å². The number of hydrogen-bond acceptors (Lipinski definition) is 5. The van der Waals surface area contributed by atoms with Gasteiger partial charge in [0, 0.05) is 24.0 Å². The monoisotopic (exact) mass is 389 g/mol. The van der Waals surface area contributed by atoms with Gasteiger partial charge in [0.25, 0.3) is 5.56 Å². The number of hydrogen-bond donors (Lipinski definition) is 2. The maximum atomic E-state index is 12.2. The van der Waals surface area contributed by atoms with Crippen molar-refractivity contribution in [2.24, 2.45) is 5.92 Å². The van der Waals surface area contributed by atoms with Crippen LogP contribution in [0.5, 0.6) is 0 Å². The Morgan fingerprint density at radius 1 is 1.30 bits per heavy atom. The van der Waals surface area contributed by atoms with Gasteiger partial charge in [-0.05, 0) is 24.1 Å². The second-order valence-corrected chi connectivity index (χ2v) is 6.95. The van der Waals surface area contributed by atoms with Gasteiger partial charge in [-0.1, -0.05) is 32.4 Å². The molecule has 0 spiro atoms. The van der Waals surface area contributed by atoms with Crippen LogP contribution in [0, 0.1) is 5.92 Å². The summed E-state index contributed by atoms with van der Waals surface area (Å²) in [7, 11) is 0. The molecule has 1 amide bonds. The van der Waals surface area contributed by atoms with Crippen molar-refractivity contribution in [3.8, 4) is 11.5 Å². The van der Waals surface area contributed by atoms with Crippen LogP contribution in [0.15, 0.2) is 21.7 Å². The minimum Gasteiger partial charge on any atom is -0.354 e. The van der Waals surface area contributed by atoms with Crippen LogP contribution < -0.4 is 16.6 Å². The highest BCUT2D eigenvalue weighted by Crippen LogP contribution is 2.26. The molecule has 2 aliphatic rings. The van der Waals surface area contributed by atoms with Crippen molar-refractivity contribution >= 4 is 28.5 Å². The van der Waals surface area contributed by atoms with E-state index in [2.05, 4.69) is 20.3 Å². The fraction of sp³-hybridized carbons (Fsp3) is 0.389. The molecule has 0 fully saturated rings. The standard InChI is InChI=1S/C18H20ClN5O3/c1-4-10-7-13-12(8-11(10)19)21-14-15(22-18(27)23-17(14)26)24(13)6-5-20-16(25)9(2)3/h7-9H,4-6H2,1-3H3,(H,20,25)(H,23,26,27). The molecule has 9 heteroatoms. The van der Waals surface area contributed by atoms with Crippen molar-refractivity contribution in [2.45, 2.75) is 33.7 Å². The molecule has 0 unspecified atom stereocenters. The number of aromatic nitrogens is 4. The van der Waals surface area contributed by atoms with Crippen LogP contribution in [-0.2, 0) is 17.8 Å². The Kier molecular flexibility index (Phi) is 5.27. The molecule has 2 aliphatic heterocycles. The molecule has 1 aromatic carbocycles. The number of aromatic amines is 1. The lowest BCUT2D eigenvalue weighted by molar-refractivity contribution is -0.123. The molecule has 0 saturated heterocycles. The first-order chi connectivity index (χ1) is 12.8. The minimum atomic E-state index is -0.738. The van der Waals surface area contributed by atoms with E-state index in [0.717, 1.165) is 5.56 Å². The predicted molar refractivity (Wildman–Crippen MR) is 103 cm³/mol. The fourth-order valence-corrected chi connectivity index (χ4v) is 3.14. The number of halogens is 1. The molecule has 2 heterocycles. The summed E-state index contributed by atoms with van der Waals surface area (Å²) in [5.74, 6) is -0.0362. The van der Waals surface area contributed by atoms with Gasteiger partial charge in [-0.15, -0.1) is 0 Å². The second kappa shape index (κ2) is 7.48. The SMILES string of the molecule is CCc1cc2c(cc1Cl)nc1c(=O)[nH]c(=O)nc-1n2CCNC(=O)C(C)C. The lowest BCUT2D eigenvalue weighted by Gasteiger charge is -2.18. The van der Waals surface area contributed by atoms with E-state index in [4.69, 9.17) is 11.6 Å². The van der Waals surface area contributed by atoms with Crippen LogP contribution in [0.1, 0.15) is 26.3 Å². The Balaban J connectivity index is 2.20. The summed E-state index contributed by atoms with van der Waals surface area (Å²) >= 11 is 6.29. The summed E-state index contributed by atoms with van der Waals surface area (Å²) in [6.07, 6.45) is 0.715. The Bertz CT molecular complexity index is 1100. The summed E-state index contributed by atoms with van der Waals surface area (Å²) in [5.41, 5.74) is 0.835. The smallest absolute Gasteiger partial charge is 0.349 e. The molecule has 1 aromatic rings. The zero-order valence-electron chi connectivity index (χ0n) is 15.3. The van der Waals surface area contributed by atoms with Gasteiger partial charge in [0.1, 0.15) is 0 Å². The first kappa shape index (κ1) is 19.0. The van der Waals surface area contributed by atoms with Gasteiger partial charge in [0.05, 0.1) is 11.0 Å². The normalized spacial score (nSPS) is 11.4. The zero-order valence-corrected chi connectivity index (χ0v) is 16.1. The summed E-state index contributed by atoms with van der Waals surface area (Å²) in [4.78, 5) is 46.2. The highest BCUT2D eigenvalue weighted by molar-refractivity contribution is 6.32. The topological polar surface area (TPSA) is 110 Å². The van der Waals surface area contributed by atoms with E-state index >= 15 is 0 Å². The summed E-state index contributed by atoms with van der Waals surface area (Å²) < 4.78 is 1.73. The number of benzene rings is 1. The van der Waals surface area contributed by atoms with Crippen molar-refractivity contribution in [1.29, 1.82) is 0 Å². The van der Waals surface area contributed by atoms with Gasteiger partial charge in [0.2, 0.25) is 5.91 Å². The van der Waals surface area contributed by atoms with Gasteiger partial charge in [-0.3, -0.25) is 14.6 Å². The van der Waals surface area contributed by atoms with Crippen LogP contribution in [0.25, 0.3) is 22.6 Å². The van der Waals surface area contributed by atoms with Crippen LogP contribution in [0.4, 0.5) is 0 Å². The number of aryl methyl sites for hydroxylation is 1. The molecule has 8 nitrogen and oxygen atoms in total. The third-order valence-electron chi connectivity index (χ3n) is 4.32. The molecule has 0 aliphatic carbocycles. The number of nitrogens with zero attached hydrogens (tertiary/aromatic N) is 3. The largest absolute Gasteiger partial charge is 0.354 e. The highest BCUT2D eigenvalue weighted by atomic mass is 35.5. The zero-order chi connectivity index (χ0) is 19.7. The number of carbonyl (C=O) groups is 1. The van der Waals surface area contributed by atoms with Gasteiger partial charge in [-0.2, -0.15) is 4.98 Å². The number of H-pyrrole nitrogens is 1. The van der Waals surface area contributed by atoms with E-state index in [9.17, 15) is 14.4 Å². The van der Waals surface area contributed by atoms with Crippen molar-refractivity contribution in [2.75, 3.05) is 6.54 Å². The van der Waals surface area contributed by atoms with E-state index < -0.39 is 11.2 Å². The van der Waals surface area contributed by atoms with Crippen molar-refractivity contribution < 1.29 is 4.79 Å². The molecule has 27 heavy (non-hydrogen) atoms. The molecular weight excluding hydrogens is 370 g/mol. The molecular formula is C18H20ClN5O3. The summed E-state index contributed by atoms with van der Waals surface area (Å²) in [6.45, 7) is 6.24. The first-order valence-electron chi connectivity index (χ1n) is 8.72. The Labute approximate surface area is 159 Å². The van der Waals surface area contributed by atoms with Crippen LogP contribution in [-0.4, -0.2) is 32.0 Å². The lowest BCUT2D eigenvalue weighted by Crippen LogP contribution is -2.33. The van der Waals surface area contributed by atoms with Crippen molar-refractivity contribution in [3.63, 3.8) is 0 Å². The molecule has 0 aromatic heterocycles. The van der Waals surface area contributed by atoms with Gasteiger partial charge < -0.3 is 9.88 Å². The number of nitrogens with one attached hydrogen (secondary N) is 2. The first-order valence-corrected chi connectivity index (χ1v) is 9.10. The molecule has 0 bridgehead atoms. The van der Waals surface area contributed by atoms with E-state index in [1.165, 1.54) is 0 Å². The highest BCUT2D eigenvalue weighted by Gasteiger charge is 2.19. The Hall–Kier alpha value is -2.74. The number of carbonyl (C=O) groups excluding carboxylic acids is 1. The number of fused-ring (bicyclic) bond motifs is 2. The Morgan fingerprint density at radius 3 is 2.70 bits per heavy atom. The maximum Gasteiger partial charge on any atom is 0.349 e. The summed E-state index contributed by atoms with van der Waals surface area (Å²) in [5, 5.41) is 3.39. The van der Waals surface area contributed by atoms with E-state index in [-0.39, 0.29) is 23.3 Å². The quantitative estimate of drug-likeness (QED) is 0.643. The maximum absolute atomic E-state index is 12.2. The van der Waals surface area contributed by atoms with Crippen molar-refractivity contribution in [3.05, 3.63) is 43.6 Å². The number of rotatable bonds is 5. The molecule has 0 saturated carbocycles. The van der Waals surface area contributed by atoms with E-state index in [0.29, 0.717) is 35.6 Å². The third-order valence-corrected chi connectivity index (χ3v) is 4.67. The molecule has 3 rings (SSSR count). The minimum absolute atomic E-state index is 0.0533. The lowest BCUT2D eigenvalue weighted by atomic mass is 10.1.